The number of halogens is 3. The highest BCUT2D eigenvalue weighted by Crippen LogP contribution is 2.19. The Morgan fingerprint density at radius 1 is 1.41 bits per heavy atom. The van der Waals surface area contributed by atoms with Crippen molar-refractivity contribution >= 4 is 12.1 Å². The number of nitrogens with zero attached hydrogens (tertiary/aromatic N) is 1. The molecule has 0 aromatic carbocycles. The summed E-state index contributed by atoms with van der Waals surface area (Å²) >= 11 is 0. The molecule has 17 heavy (non-hydrogen) atoms. The van der Waals surface area contributed by atoms with Crippen LogP contribution in [0.1, 0.15) is 12.8 Å². The summed E-state index contributed by atoms with van der Waals surface area (Å²) in [6, 6.07) is 0. The Morgan fingerprint density at radius 3 is 2.59 bits per heavy atom. The Bertz CT molecular complexity index is 305. The van der Waals surface area contributed by atoms with E-state index in [9.17, 15) is 22.8 Å². The van der Waals surface area contributed by atoms with E-state index in [0.29, 0.717) is 12.8 Å². The van der Waals surface area contributed by atoms with Crippen molar-refractivity contribution in [1.82, 2.24) is 4.90 Å². The van der Waals surface area contributed by atoms with Crippen LogP contribution in [0, 0.1) is 5.92 Å². The van der Waals surface area contributed by atoms with E-state index in [4.69, 9.17) is 5.11 Å². The monoisotopic (exact) mass is 255 g/mol. The number of carbonyl (C=O) groups is 2. The zero-order valence-corrected chi connectivity index (χ0v) is 8.87. The number of amides is 1. The molecule has 1 saturated heterocycles. The summed E-state index contributed by atoms with van der Waals surface area (Å²) in [5.41, 5.74) is 0. The van der Waals surface area contributed by atoms with Crippen LogP contribution in [-0.2, 0) is 9.53 Å². The van der Waals surface area contributed by atoms with Crippen molar-refractivity contribution in [3.8, 4) is 0 Å². The van der Waals surface area contributed by atoms with Crippen molar-refractivity contribution < 1.29 is 32.6 Å². The maximum Gasteiger partial charge on any atom is 0.422 e. The second-order valence-corrected chi connectivity index (χ2v) is 3.79. The van der Waals surface area contributed by atoms with E-state index in [1.807, 2.05) is 0 Å². The van der Waals surface area contributed by atoms with Crippen LogP contribution in [0.3, 0.4) is 0 Å². The molecule has 1 heterocycles. The molecule has 0 bridgehead atoms. The first kappa shape index (κ1) is 13.6. The summed E-state index contributed by atoms with van der Waals surface area (Å²) < 4.78 is 39.4. The average molecular weight is 255 g/mol. The van der Waals surface area contributed by atoms with Crippen LogP contribution in [0.15, 0.2) is 0 Å². The summed E-state index contributed by atoms with van der Waals surface area (Å²) in [4.78, 5) is 22.9. The Hall–Kier alpha value is -1.47. The third kappa shape index (κ3) is 4.49. The second-order valence-electron chi connectivity index (χ2n) is 3.79. The van der Waals surface area contributed by atoms with E-state index in [1.54, 1.807) is 0 Å². The van der Waals surface area contributed by atoms with E-state index in [-0.39, 0.29) is 13.1 Å². The predicted molar refractivity (Wildman–Crippen MR) is 49.3 cm³/mol. The fourth-order valence-corrected chi connectivity index (χ4v) is 1.58. The van der Waals surface area contributed by atoms with Gasteiger partial charge in [-0.1, -0.05) is 0 Å². The third-order valence-electron chi connectivity index (χ3n) is 2.39. The highest BCUT2D eigenvalue weighted by molar-refractivity contribution is 5.73. The first-order valence-electron chi connectivity index (χ1n) is 5.01. The molecule has 1 unspecified atom stereocenters. The Morgan fingerprint density at radius 2 is 2.06 bits per heavy atom. The molecule has 0 radical (unpaired) electrons. The molecule has 0 aromatic heterocycles. The molecule has 0 spiro atoms. The van der Waals surface area contributed by atoms with E-state index in [1.165, 1.54) is 0 Å². The van der Waals surface area contributed by atoms with Gasteiger partial charge < -0.3 is 14.7 Å². The van der Waals surface area contributed by atoms with Crippen LogP contribution in [-0.4, -0.2) is 47.9 Å². The molecular weight excluding hydrogens is 243 g/mol. The van der Waals surface area contributed by atoms with Crippen molar-refractivity contribution in [2.75, 3.05) is 19.7 Å². The van der Waals surface area contributed by atoms with Crippen LogP contribution in [0.4, 0.5) is 18.0 Å². The SMILES string of the molecule is O=C(O)C1CCCN(C(=O)OCC(F)(F)F)C1. The van der Waals surface area contributed by atoms with Gasteiger partial charge in [-0.3, -0.25) is 4.79 Å². The second kappa shape index (κ2) is 5.24. The molecule has 0 aromatic rings. The highest BCUT2D eigenvalue weighted by Gasteiger charge is 2.33. The van der Waals surface area contributed by atoms with Crippen molar-refractivity contribution in [3.63, 3.8) is 0 Å². The van der Waals surface area contributed by atoms with Gasteiger partial charge in [0, 0.05) is 13.1 Å². The van der Waals surface area contributed by atoms with Gasteiger partial charge in [-0.15, -0.1) is 0 Å². The quantitative estimate of drug-likeness (QED) is 0.811. The number of carboxylic acids is 1. The predicted octanol–water partition coefficient (Wildman–Crippen LogP) is 1.48. The first-order valence-corrected chi connectivity index (χ1v) is 5.01. The normalized spacial score (nSPS) is 21.1. The number of aliphatic carboxylic acids is 1. The van der Waals surface area contributed by atoms with Crippen LogP contribution >= 0.6 is 0 Å². The molecule has 8 heteroatoms. The number of piperidine rings is 1. The molecule has 1 aliphatic rings. The molecular formula is C9H12F3NO4. The van der Waals surface area contributed by atoms with Crippen molar-refractivity contribution in [2.45, 2.75) is 19.0 Å². The molecule has 0 saturated carbocycles. The zero-order chi connectivity index (χ0) is 13.1. The van der Waals surface area contributed by atoms with Crippen LogP contribution in [0.25, 0.3) is 0 Å². The van der Waals surface area contributed by atoms with Gasteiger partial charge in [0.1, 0.15) is 0 Å². The third-order valence-corrected chi connectivity index (χ3v) is 2.39. The lowest BCUT2D eigenvalue weighted by atomic mass is 9.99. The Labute approximate surface area is 95.1 Å². The van der Waals surface area contributed by atoms with Gasteiger partial charge in [-0.2, -0.15) is 13.2 Å². The van der Waals surface area contributed by atoms with Gasteiger partial charge in [0.25, 0.3) is 0 Å². The number of carboxylic acid groups (broad SMARTS) is 1. The van der Waals surface area contributed by atoms with Gasteiger partial charge in [0.15, 0.2) is 6.61 Å². The maximum absolute atomic E-state index is 11.8. The molecule has 1 N–H and O–H groups in total. The number of likely N-dealkylation sites (tertiary alicyclic amines) is 1. The number of hydrogen-bond donors (Lipinski definition) is 1. The van der Waals surface area contributed by atoms with E-state index < -0.39 is 30.8 Å². The van der Waals surface area contributed by atoms with Crippen LogP contribution < -0.4 is 0 Å². The van der Waals surface area contributed by atoms with Gasteiger partial charge in [0.05, 0.1) is 5.92 Å². The van der Waals surface area contributed by atoms with Gasteiger partial charge >= 0.3 is 18.2 Å². The lowest BCUT2D eigenvalue weighted by Gasteiger charge is -2.29. The average Bonchev–Trinajstić information content (AvgIpc) is 2.25. The minimum atomic E-state index is -4.57. The van der Waals surface area contributed by atoms with Crippen LogP contribution in [0.5, 0.6) is 0 Å². The van der Waals surface area contributed by atoms with E-state index >= 15 is 0 Å². The fourth-order valence-electron chi connectivity index (χ4n) is 1.58. The zero-order valence-electron chi connectivity index (χ0n) is 8.87. The molecule has 98 valence electrons. The van der Waals surface area contributed by atoms with Gasteiger partial charge in [0.2, 0.25) is 0 Å². The summed E-state index contributed by atoms with van der Waals surface area (Å²) in [7, 11) is 0. The number of carbonyl (C=O) groups excluding carboxylic acids is 1. The Balaban J connectivity index is 2.44. The van der Waals surface area contributed by atoms with Crippen molar-refractivity contribution in [2.24, 2.45) is 5.92 Å². The lowest BCUT2D eigenvalue weighted by molar-refractivity contribution is -0.163. The van der Waals surface area contributed by atoms with E-state index in [2.05, 4.69) is 4.74 Å². The first-order chi connectivity index (χ1) is 7.79. The highest BCUT2D eigenvalue weighted by atomic mass is 19.4. The molecule has 0 aliphatic carbocycles. The fraction of sp³-hybridized carbons (Fsp3) is 0.778. The molecule has 5 nitrogen and oxygen atoms in total. The van der Waals surface area contributed by atoms with Gasteiger partial charge in [-0.05, 0) is 12.8 Å². The summed E-state index contributed by atoms with van der Waals surface area (Å²) in [5.74, 6) is -1.79. The molecule has 1 aliphatic heterocycles. The minimum Gasteiger partial charge on any atom is -0.481 e. The summed E-state index contributed by atoms with van der Waals surface area (Å²) in [6.07, 6.45) is -4.83. The number of rotatable bonds is 2. The lowest BCUT2D eigenvalue weighted by Crippen LogP contribution is -2.43. The van der Waals surface area contributed by atoms with E-state index in [0.717, 1.165) is 4.90 Å². The number of hydrogen-bond acceptors (Lipinski definition) is 3. The van der Waals surface area contributed by atoms with Gasteiger partial charge in [-0.25, -0.2) is 4.79 Å². The summed E-state index contributed by atoms with van der Waals surface area (Å²) in [6.45, 7) is -1.54. The topological polar surface area (TPSA) is 66.8 Å². The van der Waals surface area contributed by atoms with Crippen LogP contribution in [0.2, 0.25) is 0 Å². The molecule has 1 fully saturated rings. The number of ether oxygens (including phenoxy) is 1. The number of alkyl halides is 3. The maximum atomic E-state index is 11.8. The smallest absolute Gasteiger partial charge is 0.422 e. The minimum absolute atomic E-state index is 0.105. The largest absolute Gasteiger partial charge is 0.481 e. The van der Waals surface area contributed by atoms with Crippen molar-refractivity contribution in [3.05, 3.63) is 0 Å². The Kier molecular flexibility index (Phi) is 4.19. The standard InChI is InChI=1S/C9H12F3NO4/c10-9(11,12)5-17-8(16)13-3-1-2-6(4-13)7(14)15/h6H,1-5H2,(H,14,15). The summed E-state index contributed by atoms with van der Waals surface area (Å²) in [5, 5.41) is 8.74. The van der Waals surface area contributed by atoms with Crippen molar-refractivity contribution in [1.29, 1.82) is 0 Å². The molecule has 1 atom stereocenters. The molecule has 1 amide bonds. The molecule has 1 rings (SSSR count).